The summed E-state index contributed by atoms with van der Waals surface area (Å²) in [6.45, 7) is 2.99. The van der Waals surface area contributed by atoms with Crippen LogP contribution < -0.4 is 14.8 Å². The van der Waals surface area contributed by atoms with Crippen molar-refractivity contribution in [2.45, 2.75) is 20.1 Å². The summed E-state index contributed by atoms with van der Waals surface area (Å²) in [4.78, 5) is 0. The largest absolute Gasteiger partial charge is 0.493 e. The number of aryl methyl sites for hydroxylation is 1. The first kappa shape index (κ1) is 20.7. The average Bonchev–Trinajstić information content (AvgIpc) is 2.67. The molecule has 0 aliphatic carbocycles. The molecule has 0 aliphatic heterocycles. The maximum Gasteiger partial charge on any atom is 0.180 e. The molecule has 3 aromatic rings. The predicted octanol–water partition coefficient (Wildman–Crippen LogP) is 7.15. The number of rotatable bonds is 7. The van der Waals surface area contributed by atoms with E-state index in [0.29, 0.717) is 39.7 Å². The molecule has 0 aliphatic rings. The van der Waals surface area contributed by atoms with Crippen molar-refractivity contribution < 1.29 is 9.47 Å². The van der Waals surface area contributed by atoms with Gasteiger partial charge in [0.15, 0.2) is 11.5 Å². The van der Waals surface area contributed by atoms with E-state index in [0.717, 1.165) is 16.8 Å². The standard InChI is InChI=1S/C22H20Cl3NO2/c1-14-5-3-4-6-16(14)13-28-22-19(25)9-15(10-21(22)27-2)12-26-20-8-7-17(23)11-18(20)24/h3-11,26H,12-13H2,1-2H3. The van der Waals surface area contributed by atoms with Crippen LogP contribution in [0.3, 0.4) is 0 Å². The molecule has 3 nitrogen and oxygen atoms in total. The Labute approximate surface area is 180 Å². The van der Waals surface area contributed by atoms with Gasteiger partial charge in [-0.3, -0.25) is 0 Å². The zero-order chi connectivity index (χ0) is 20.1. The van der Waals surface area contributed by atoms with Crippen molar-refractivity contribution in [3.8, 4) is 11.5 Å². The molecule has 0 atom stereocenters. The molecule has 1 N–H and O–H groups in total. The SMILES string of the molecule is COc1cc(CNc2ccc(Cl)cc2Cl)cc(Cl)c1OCc1ccccc1C. The molecule has 146 valence electrons. The zero-order valence-corrected chi connectivity index (χ0v) is 17.8. The van der Waals surface area contributed by atoms with Crippen molar-refractivity contribution in [1.29, 1.82) is 0 Å². The van der Waals surface area contributed by atoms with E-state index in [1.54, 1.807) is 19.2 Å². The van der Waals surface area contributed by atoms with Crippen LogP contribution in [-0.2, 0) is 13.2 Å². The van der Waals surface area contributed by atoms with Gasteiger partial charge < -0.3 is 14.8 Å². The average molecular weight is 437 g/mol. The van der Waals surface area contributed by atoms with Gasteiger partial charge in [0.25, 0.3) is 0 Å². The quantitative estimate of drug-likeness (QED) is 0.426. The highest BCUT2D eigenvalue weighted by Crippen LogP contribution is 2.37. The van der Waals surface area contributed by atoms with Gasteiger partial charge in [0.1, 0.15) is 6.61 Å². The van der Waals surface area contributed by atoms with Crippen LogP contribution in [0.4, 0.5) is 5.69 Å². The van der Waals surface area contributed by atoms with Crippen molar-refractivity contribution >= 4 is 40.5 Å². The van der Waals surface area contributed by atoms with Gasteiger partial charge >= 0.3 is 0 Å². The van der Waals surface area contributed by atoms with E-state index in [1.165, 1.54) is 5.56 Å². The first-order valence-corrected chi connectivity index (χ1v) is 9.84. The Kier molecular flexibility index (Phi) is 6.95. The highest BCUT2D eigenvalue weighted by atomic mass is 35.5. The second-order valence-corrected chi connectivity index (χ2v) is 7.55. The molecule has 3 aromatic carbocycles. The van der Waals surface area contributed by atoms with Gasteiger partial charge in [-0.15, -0.1) is 0 Å². The van der Waals surface area contributed by atoms with Crippen LogP contribution in [0.15, 0.2) is 54.6 Å². The Balaban J connectivity index is 1.74. The monoisotopic (exact) mass is 435 g/mol. The lowest BCUT2D eigenvalue weighted by Gasteiger charge is -2.16. The second-order valence-electron chi connectivity index (χ2n) is 6.30. The summed E-state index contributed by atoms with van der Waals surface area (Å²) in [5, 5.41) is 4.92. The van der Waals surface area contributed by atoms with Gasteiger partial charge in [-0.2, -0.15) is 0 Å². The minimum absolute atomic E-state index is 0.417. The van der Waals surface area contributed by atoms with Crippen LogP contribution in [0.1, 0.15) is 16.7 Å². The summed E-state index contributed by atoms with van der Waals surface area (Å²) < 4.78 is 11.5. The molecule has 0 aromatic heterocycles. The number of nitrogens with one attached hydrogen (secondary N) is 1. The van der Waals surface area contributed by atoms with Crippen LogP contribution in [0, 0.1) is 6.92 Å². The number of ether oxygens (including phenoxy) is 2. The Morgan fingerprint density at radius 2 is 1.71 bits per heavy atom. The molecule has 0 fully saturated rings. The molecule has 0 heterocycles. The molecule has 0 spiro atoms. The number of benzene rings is 3. The molecule has 0 radical (unpaired) electrons. The van der Waals surface area contributed by atoms with Crippen molar-refractivity contribution in [1.82, 2.24) is 0 Å². The first-order chi connectivity index (χ1) is 13.5. The fourth-order valence-electron chi connectivity index (χ4n) is 2.77. The number of hydrogen-bond acceptors (Lipinski definition) is 3. The van der Waals surface area contributed by atoms with Crippen LogP contribution >= 0.6 is 34.8 Å². The Hall–Kier alpha value is -2.07. The van der Waals surface area contributed by atoms with Crippen LogP contribution in [0.25, 0.3) is 0 Å². The fourth-order valence-corrected chi connectivity index (χ4v) is 3.53. The van der Waals surface area contributed by atoms with Crippen LogP contribution in [0.2, 0.25) is 15.1 Å². The Bertz CT molecular complexity index is 976. The van der Waals surface area contributed by atoms with E-state index >= 15 is 0 Å². The van der Waals surface area contributed by atoms with E-state index < -0.39 is 0 Å². The Morgan fingerprint density at radius 3 is 2.43 bits per heavy atom. The van der Waals surface area contributed by atoms with Crippen LogP contribution in [0.5, 0.6) is 11.5 Å². The van der Waals surface area contributed by atoms with Crippen LogP contribution in [-0.4, -0.2) is 7.11 Å². The predicted molar refractivity (Wildman–Crippen MR) is 117 cm³/mol. The molecule has 0 unspecified atom stereocenters. The highest BCUT2D eigenvalue weighted by Gasteiger charge is 2.13. The molecular weight excluding hydrogens is 417 g/mol. The number of halogens is 3. The maximum absolute atomic E-state index is 6.48. The lowest BCUT2D eigenvalue weighted by molar-refractivity contribution is 0.284. The third-order valence-electron chi connectivity index (χ3n) is 4.34. The summed E-state index contributed by atoms with van der Waals surface area (Å²) in [6.07, 6.45) is 0. The molecular formula is C22H20Cl3NO2. The van der Waals surface area contributed by atoms with Crippen molar-refractivity contribution in [3.63, 3.8) is 0 Å². The summed E-state index contributed by atoms with van der Waals surface area (Å²) >= 11 is 18.6. The summed E-state index contributed by atoms with van der Waals surface area (Å²) in [5.41, 5.74) is 4.00. The summed E-state index contributed by atoms with van der Waals surface area (Å²) in [7, 11) is 1.60. The second kappa shape index (κ2) is 9.42. The van der Waals surface area contributed by atoms with Gasteiger partial charge in [-0.1, -0.05) is 59.1 Å². The van der Waals surface area contributed by atoms with Gasteiger partial charge in [0.2, 0.25) is 0 Å². The fraction of sp³-hybridized carbons (Fsp3) is 0.182. The van der Waals surface area contributed by atoms with Gasteiger partial charge in [-0.05, 0) is 53.9 Å². The highest BCUT2D eigenvalue weighted by molar-refractivity contribution is 6.36. The molecule has 0 saturated heterocycles. The molecule has 0 saturated carbocycles. The molecule has 6 heteroatoms. The maximum atomic E-state index is 6.48. The number of hydrogen-bond donors (Lipinski definition) is 1. The topological polar surface area (TPSA) is 30.5 Å². The minimum atomic E-state index is 0.417. The third kappa shape index (κ3) is 5.05. The number of methoxy groups -OCH3 is 1. The van der Waals surface area contributed by atoms with Gasteiger partial charge in [-0.25, -0.2) is 0 Å². The van der Waals surface area contributed by atoms with Crippen molar-refractivity contribution in [3.05, 3.63) is 86.4 Å². The smallest absolute Gasteiger partial charge is 0.180 e. The molecule has 28 heavy (non-hydrogen) atoms. The van der Waals surface area contributed by atoms with Gasteiger partial charge in [0.05, 0.1) is 22.8 Å². The van der Waals surface area contributed by atoms with Gasteiger partial charge in [0, 0.05) is 11.6 Å². The number of anilines is 1. The van der Waals surface area contributed by atoms with E-state index in [-0.39, 0.29) is 0 Å². The lowest BCUT2D eigenvalue weighted by atomic mass is 10.1. The van der Waals surface area contributed by atoms with E-state index in [9.17, 15) is 0 Å². The van der Waals surface area contributed by atoms with Crippen molar-refractivity contribution in [2.24, 2.45) is 0 Å². The molecule has 0 amide bonds. The van der Waals surface area contributed by atoms with E-state index in [4.69, 9.17) is 44.3 Å². The van der Waals surface area contributed by atoms with E-state index in [1.807, 2.05) is 49.4 Å². The molecule has 3 rings (SSSR count). The van der Waals surface area contributed by atoms with Crippen molar-refractivity contribution in [2.75, 3.05) is 12.4 Å². The normalized spacial score (nSPS) is 10.6. The third-order valence-corrected chi connectivity index (χ3v) is 5.17. The minimum Gasteiger partial charge on any atom is -0.493 e. The summed E-state index contributed by atoms with van der Waals surface area (Å²) in [5.74, 6) is 1.11. The molecule has 0 bridgehead atoms. The van der Waals surface area contributed by atoms with E-state index in [2.05, 4.69) is 5.32 Å². The summed E-state index contributed by atoms with van der Waals surface area (Å²) in [6, 6.07) is 17.1. The lowest BCUT2D eigenvalue weighted by Crippen LogP contribution is -2.03. The Morgan fingerprint density at radius 1 is 0.929 bits per heavy atom. The first-order valence-electron chi connectivity index (χ1n) is 8.70. The zero-order valence-electron chi connectivity index (χ0n) is 15.6.